The molecule has 1 atom stereocenters. The lowest BCUT2D eigenvalue weighted by Gasteiger charge is -2.12. The first-order valence-corrected chi connectivity index (χ1v) is 7.53. The van der Waals surface area contributed by atoms with Gasteiger partial charge in [0.05, 0.1) is 12.4 Å². The number of anilines is 1. The summed E-state index contributed by atoms with van der Waals surface area (Å²) < 4.78 is 23.2. The number of hydrogen-bond donors (Lipinski definition) is 3. The van der Waals surface area contributed by atoms with Crippen LogP contribution in [0.3, 0.4) is 0 Å². The van der Waals surface area contributed by atoms with E-state index in [1.807, 2.05) is 0 Å². The van der Waals surface area contributed by atoms with Crippen molar-refractivity contribution in [2.75, 3.05) is 18.1 Å². The van der Waals surface area contributed by atoms with Gasteiger partial charge in [0.1, 0.15) is 5.25 Å². The Morgan fingerprint density at radius 2 is 1.95 bits per heavy atom. The van der Waals surface area contributed by atoms with E-state index in [0.717, 1.165) is 5.56 Å². The fourth-order valence-corrected chi connectivity index (χ4v) is 2.45. The van der Waals surface area contributed by atoms with Crippen molar-refractivity contribution in [3.8, 4) is 0 Å². The number of sulfone groups is 1. The topological polar surface area (TPSA) is 109 Å². The largest absolute Gasteiger partial charge is 0.399 e. The van der Waals surface area contributed by atoms with E-state index in [0.29, 0.717) is 5.69 Å². The van der Waals surface area contributed by atoms with Crippen molar-refractivity contribution in [2.45, 2.75) is 18.7 Å². The number of nitrogens with two attached hydrogens (primary N) is 1. The van der Waals surface area contributed by atoms with Crippen LogP contribution in [-0.2, 0) is 21.2 Å². The summed E-state index contributed by atoms with van der Waals surface area (Å²) in [7, 11) is -3.60. The number of hydrogen-bond acceptors (Lipinski definition) is 5. The molecule has 0 saturated heterocycles. The summed E-state index contributed by atoms with van der Waals surface area (Å²) in [6.07, 6.45) is 0. The molecule has 1 unspecified atom stereocenters. The summed E-state index contributed by atoms with van der Waals surface area (Å²) in [5.74, 6) is -0.992. The molecule has 1 amide bonds. The van der Waals surface area contributed by atoms with Gasteiger partial charge in [0.15, 0.2) is 9.84 Å². The molecule has 0 aliphatic rings. The lowest BCUT2D eigenvalue weighted by atomic mass is 10.2. The lowest BCUT2D eigenvalue weighted by Crippen LogP contribution is -2.39. The summed E-state index contributed by atoms with van der Waals surface area (Å²) >= 11 is 0. The van der Waals surface area contributed by atoms with E-state index < -0.39 is 33.4 Å². The smallest absolute Gasteiger partial charge is 0.238 e. The van der Waals surface area contributed by atoms with Gasteiger partial charge in [0.2, 0.25) is 5.91 Å². The molecule has 19 heavy (non-hydrogen) atoms. The molecular weight excluding hydrogens is 268 g/mol. The molecule has 7 heteroatoms. The highest BCUT2D eigenvalue weighted by Crippen LogP contribution is 2.06. The minimum absolute atomic E-state index is 0.234. The van der Waals surface area contributed by atoms with Crippen LogP contribution in [0.15, 0.2) is 24.3 Å². The maximum absolute atomic E-state index is 11.7. The predicted octanol–water partition coefficient (Wildman–Crippen LogP) is -0.319. The normalized spacial score (nSPS) is 12.9. The number of aliphatic hydroxyl groups is 1. The summed E-state index contributed by atoms with van der Waals surface area (Å²) in [4.78, 5) is 11.7. The van der Waals surface area contributed by atoms with E-state index >= 15 is 0 Å². The van der Waals surface area contributed by atoms with Gasteiger partial charge in [-0.3, -0.25) is 4.79 Å². The number of rotatable bonds is 6. The predicted molar refractivity (Wildman–Crippen MR) is 73.0 cm³/mol. The van der Waals surface area contributed by atoms with Crippen molar-refractivity contribution in [3.63, 3.8) is 0 Å². The van der Waals surface area contributed by atoms with Gasteiger partial charge in [-0.15, -0.1) is 0 Å². The molecule has 0 spiro atoms. The zero-order valence-electron chi connectivity index (χ0n) is 10.7. The van der Waals surface area contributed by atoms with Crippen LogP contribution in [0.5, 0.6) is 0 Å². The van der Waals surface area contributed by atoms with Crippen molar-refractivity contribution in [3.05, 3.63) is 29.8 Å². The number of nitrogens with one attached hydrogen (secondary N) is 1. The summed E-state index contributed by atoms with van der Waals surface area (Å²) in [5.41, 5.74) is 6.98. The Hall–Kier alpha value is -1.60. The number of carbonyl (C=O) groups excluding carboxylic acids is 1. The van der Waals surface area contributed by atoms with Gasteiger partial charge >= 0.3 is 0 Å². The second-order valence-electron chi connectivity index (χ2n) is 4.19. The van der Waals surface area contributed by atoms with E-state index in [1.54, 1.807) is 24.3 Å². The van der Waals surface area contributed by atoms with Gasteiger partial charge in [0.25, 0.3) is 0 Å². The monoisotopic (exact) mass is 286 g/mol. The minimum Gasteiger partial charge on any atom is -0.399 e. The zero-order chi connectivity index (χ0) is 14.5. The molecule has 0 bridgehead atoms. The lowest BCUT2D eigenvalue weighted by molar-refractivity contribution is -0.120. The highest BCUT2D eigenvalue weighted by molar-refractivity contribution is 7.92. The Morgan fingerprint density at radius 3 is 2.47 bits per heavy atom. The molecule has 1 aromatic rings. The third-order valence-electron chi connectivity index (χ3n) is 2.73. The second-order valence-corrected chi connectivity index (χ2v) is 6.63. The highest BCUT2D eigenvalue weighted by Gasteiger charge is 2.26. The van der Waals surface area contributed by atoms with Crippen molar-refractivity contribution >= 4 is 21.4 Å². The maximum Gasteiger partial charge on any atom is 0.238 e. The van der Waals surface area contributed by atoms with Gasteiger partial charge < -0.3 is 16.2 Å². The molecule has 1 aromatic carbocycles. The molecule has 0 aromatic heterocycles. The third-order valence-corrected chi connectivity index (χ3v) is 4.77. The standard InChI is InChI=1S/C12H18N2O4S/c1-9(19(17,18)7-6-15)12(16)14-8-10-2-4-11(13)5-3-10/h2-5,9,15H,6-8,13H2,1H3,(H,14,16). The van der Waals surface area contributed by atoms with E-state index in [-0.39, 0.29) is 6.54 Å². The summed E-state index contributed by atoms with van der Waals surface area (Å²) in [5, 5.41) is 10.0. The molecule has 4 N–H and O–H groups in total. The zero-order valence-corrected chi connectivity index (χ0v) is 11.5. The van der Waals surface area contributed by atoms with Crippen LogP contribution < -0.4 is 11.1 Å². The quantitative estimate of drug-likeness (QED) is 0.621. The van der Waals surface area contributed by atoms with Gasteiger partial charge in [-0.05, 0) is 24.6 Å². The molecule has 0 aliphatic heterocycles. The summed E-state index contributed by atoms with van der Waals surface area (Å²) in [6, 6.07) is 6.91. The van der Waals surface area contributed by atoms with Gasteiger partial charge in [-0.1, -0.05) is 12.1 Å². The number of aliphatic hydroxyl groups excluding tert-OH is 1. The maximum atomic E-state index is 11.7. The fraction of sp³-hybridized carbons (Fsp3) is 0.417. The van der Waals surface area contributed by atoms with E-state index in [1.165, 1.54) is 6.92 Å². The molecule has 0 saturated carbocycles. The SMILES string of the molecule is CC(C(=O)NCc1ccc(N)cc1)S(=O)(=O)CCO. The molecule has 0 radical (unpaired) electrons. The summed E-state index contributed by atoms with van der Waals surface area (Å²) in [6.45, 7) is 1.05. The molecular formula is C12H18N2O4S. The minimum atomic E-state index is -3.60. The van der Waals surface area contributed by atoms with Crippen LogP contribution in [0.2, 0.25) is 0 Å². The van der Waals surface area contributed by atoms with E-state index in [4.69, 9.17) is 10.8 Å². The van der Waals surface area contributed by atoms with Gasteiger partial charge in [0, 0.05) is 12.2 Å². The van der Waals surface area contributed by atoms with E-state index in [2.05, 4.69) is 5.32 Å². The van der Waals surface area contributed by atoms with Crippen LogP contribution >= 0.6 is 0 Å². The molecule has 1 rings (SSSR count). The Balaban J connectivity index is 2.58. The fourth-order valence-electron chi connectivity index (χ4n) is 1.44. The second kappa shape index (κ2) is 6.53. The third kappa shape index (κ3) is 4.53. The Morgan fingerprint density at radius 1 is 1.37 bits per heavy atom. The van der Waals surface area contributed by atoms with Gasteiger partial charge in [-0.2, -0.15) is 0 Å². The molecule has 106 valence electrons. The number of carbonyl (C=O) groups is 1. The van der Waals surface area contributed by atoms with Crippen LogP contribution in [0, 0.1) is 0 Å². The number of benzene rings is 1. The Bertz CT molecular complexity index is 525. The van der Waals surface area contributed by atoms with Crippen LogP contribution in [0.25, 0.3) is 0 Å². The first-order chi connectivity index (χ1) is 8.86. The molecule has 6 nitrogen and oxygen atoms in total. The molecule has 0 aliphatic carbocycles. The average Bonchev–Trinajstić information content (AvgIpc) is 2.36. The van der Waals surface area contributed by atoms with Gasteiger partial charge in [-0.25, -0.2) is 8.42 Å². The van der Waals surface area contributed by atoms with Crippen molar-refractivity contribution in [1.29, 1.82) is 0 Å². The Labute approximate surface area is 112 Å². The number of nitrogen functional groups attached to an aromatic ring is 1. The van der Waals surface area contributed by atoms with Crippen molar-refractivity contribution < 1.29 is 18.3 Å². The highest BCUT2D eigenvalue weighted by atomic mass is 32.2. The van der Waals surface area contributed by atoms with Crippen molar-refractivity contribution in [2.24, 2.45) is 0 Å². The van der Waals surface area contributed by atoms with Crippen LogP contribution in [0.1, 0.15) is 12.5 Å². The first kappa shape index (κ1) is 15.5. The first-order valence-electron chi connectivity index (χ1n) is 5.81. The van der Waals surface area contributed by atoms with Crippen LogP contribution in [-0.4, -0.2) is 37.0 Å². The molecule has 0 heterocycles. The van der Waals surface area contributed by atoms with Crippen molar-refractivity contribution in [1.82, 2.24) is 5.32 Å². The van der Waals surface area contributed by atoms with Crippen LogP contribution in [0.4, 0.5) is 5.69 Å². The van der Waals surface area contributed by atoms with E-state index in [9.17, 15) is 13.2 Å². The Kier molecular flexibility index (Phi) is 5.31. The average molecular weight is 286 g/mol. The molecule has 0 fully saturated rings. The number of amides is 1.